The second-order valence-electron chi connectivity index (χ2n) is 7.52. The van der Waals surface area contributed by atoms with Gasteiger partial charge in [-0.25, -0.2) is 8.42 Å². The van der Waals surface area contributed by atoms with Gasteiger partial charge in [-0.15, -0.1) is 24.8 Å². The van der Waals surface area contributed by atoms with Crippen LogP contribution in [0.15, 0.2) is 58.5 Å². The summed E-state index contributed by atoms with van der Waals surface area (Å²) in [5.74, 6) is 0.581. The van der Waals surface area contributed by atoms with Crippen molar-refractivity contribution < 1.29 is 13.2 Å². The monoisotopic (exact) mass is 518 g/mol. The van der Waals surface area contributed by atoms with E-state index in [1.165, 1.54) is 4.31 Å². The number of hydrogen-bond acceptors (Lipinski definition) is 6. The van der Waals surface area contributed by atoms with Crippen LogP contribution in [-0.4, -0.2) is 59.9 Å². The van der Waals surface area contributed by atoms with Crippen LogP contribution in [0.1, 0.15) is 25.3 Å². The van der Waals surface area contributed by atoms with E-state index in [2.05, 4.69) is 10.5 Å². The fourth-order valence-corrected chi connectivity index (χ4v) is 4.46. The summed E-state index contributed by atoms with van der Waals surface area (Å²) < 4.78 is 34.5. The minimum atomic E-state index is -3.73. The van der Waals surface area contributed by atoms with E-state index in [1.54, 1.807) is 30.5 Å². The zero-order valence-electron chi connectivity index (χ0n) is 19.7. The van der Waals surface area contributed by atoms with Gasteiger partial charge in [0.1, 0.15) is 5.75 Å². The molecule has 2 aromatic rings. The van der Waals surface area contributed by atoms with E-state index in [9.17, 15) is 8.42 Å². The van der Waals surface area contributed by atoms with Crippen molar-refractivity contribution in [3.05, 3.63) is 54.1 Å². The van der Waals surface area contributed by atoms with Crippen LogP contribution in [0.3, 0.4) is 0 Å². The Morgan fingerprint density at radius 3 is 2.36 bits per heavy atom. The number of nitrogens with zero attached hydrogens (tertiary/aromatic N) is 3. The molecule has 186 valence electrons. The average molecular weight is 520 g/mol. The van der Waals surface area contributed by atoms with Gasteiger partial charge in [0.15, 0.2) is 0 Å². The number of sulfonamides is 1. The third-order valence-corrected chi connectivity index (χ3v) is 6.45. The lowest BCUT2D eigenvalue weighted by Crippen LogP contribution is -2.37. The number of benzene rings is 2. The second-order valence-corrected chi connectivity index (χ2v) is 9.38. The van der Waals surface area contributed by atoms with Crippen molar-refractivity contribution in [1.82, 2.24) is 10.3 Å². The summed E-state index contributed by atoms with van der Waals surface area (Å²) in [5, 5.41) is 3.97. The van der Waals surface area contributed by atoms with Crippen molar-refractivity contribution in [3.8, 4) is 5.75 Å². The van der Waals surface area contributed by atoms with Gasteiger partial charge in [0.05, 0.1) is 17.2 Å². The second kappa shape index (κ2) is 15.8. The van der Waals surface area contributed by atoms with Crippen LogP contribution in [0.4, 0.5) is 5.69 Å². The molecule has 0 aromatic heterocycles. The molecule has 7 nitrogen and oxygen atoms in total. The fourth-order valence-electron chi connectivity index (χ4n) is 2.97. The van der Waals surface area contributed by atoms with E-state index in [0.717, 1.165) is 24.9 Å². The third kappa shape index (κ3) is 9.80. The van der Waals surface area contributed by atoms with E-state index < -0.39 is 10.0 Å². The Labute approximate surface area is 211 Å². The minimum absolute atomic E-state index is 0. The largest absolute Gasteiger partial charge is 0.491 e. The van der Waals surface area contributed by atoms with Crippen molar-refractivity contribution in [2.24, 2.45) is 5.10 Å². The fraction of sp³-hybridized carbons (Fsp3) is 0.435. The van der Waals surface area contributed by atoms with Crippen LogP contribution >= 0.6 is 24.8 Å². The SMILES string of the molecule is C/C=N/NCCCCOc1cc(C)ccc1N(CCN(C)C)S(=O)(=O)c1ccccc1.Cl.Cl. The summed E-state index contributed by atoms with van der Waals surface area (Å²) in [6.07, 6.45) is 3.46. The molecule has 0 saturated heterocycles. The Morgan fingerprint density at radius 1 is 1.03 bits per heavy atom. The van der Waals surface area contributed by atoms with E-state index in [4.69, 9.17) is 4.74 Å². The summed E-state index contributed by atoms with van der Waals surface area (Å²) >= 11 is 0. The van der Waals surface area contributed by atoms with Gasteiger partial charge in [-0.1, -0.05) is 24.3 Å². The van der Waals surface area contributed by atoms with Crippen LogP contribution in [0, 0.1) is 6.92 Å². The summed E-state index contributed by atoms with van der Waals surface area (Å²) in [7, 11) is 0.124. The predicted molar refractivity (Wildman–Crippen MR) is 142 cm³/mol. The highest BCUT2D eigenvalue weighted by molar-refractivity contribution is 7.92. The first-order chi connectivity index (χ1) is 14.9. The Bertz CT molecular complexity index is 942. The lowest BCUT2D eigenvalue weighted by molar-refractivity contribution is 0.306. The first kappa shape index (κ1) is 31.0. The van der Waals surface area contributed by atoms with Crippen LogP contribution < -0.4 is 14.5 Å². The summed E-state index contributed by atoms with van der Waals surface area (Å²) in [4.78, 5) is 2.23. The molecule has 0 spiro atoms. The van der Waals surface area contributed by atoms with Crippen molar-refractivity contribution in [2.45, 2.75) is 31.6 Å². The van der Waals surface area contributed by atoms with E-state index in [1.807, 2.05) is 57.1 Å². The van der Waals surface area contributed by atoms with Crippen molar-refractivity contribution in [1.29, 1.82) is 0 Å². The Kier molecular flexibility index (Phi) is 14.8. The molecule has 0 bridgehead atoms. The molecule has 0 atom stereocenters. The van der Waals surface area contributed by atoms with Gasteiger partial charge in [0.25, 0.3) is 10.0 Å². The van der Waals surface area contributed by atoms with Gasteiger partial charge < -0.3 is 15.1 Å². The van der Waals surface area contributed by atoms with Crippen molar-refractivity contribution in [3.63, 3.8) is 0 Å². The molecule has 2 aromatic carbocycles. The maximum absolute atomic E-state index is 13.5. The molecular weight excluding hydrogens is 483 g/mol. The highest BCUT2D eigenvalue weighted by Crippen LogP contribution is 2.33. The van der Waals surface area contributed by atoms with Gasteiger partial charge in [0.2, 0.25) is 0 Å². The van der Waals surface area contributed by atoms with Crippen LogP contribution in [0.25, 0.3) is 0 Å². The number of hydrogen-bond donors (Lipinski definition) is 1. The maximum Gasteiger partial charge on any atom is 0.264 e. The molecule has 0 aliphatic carbocycles. The molecule has 0 saturated carbocycles. The molecule has 33 heavy (non-hydrogen) atoms. The van der Waals surface area contributed by atoms with Crippen molar-refractivity contribution in [2.75, 3.05) is 44.6 Å². The lowest BCUT2D eigenvalue weighted by Gasteiger charge is -2.28. The Morgan fingerprint density at radius 2 is 1.73 bits per heavy atom. The Hall–Kier alpha value is -2.00. The molecule has 0 amide bonds. The normalized spacial score (nSPS) is 11.1. The van der Waals surface area contributed by atoms with Crippen LogP contribution in [0.5, 0.6) is 5.75 Å². The number of ether oxygens (including phenoxy) is 1. The average Bonchev–Trinajstić information content (AvgIpc) is 2.74. The maximum atomic E-state index is 13.5. The van der Waals surface area contributed by atoms with Crippen molar-refractivity contribution >= 4 is 46.7 Å². The molecule has 1 N–H and O–H groups in total. The Balaban J connectivity index is 0.00000512. The number of nitrogens with one attached hydrogen (secondary N) is 1. The molecule has 0 heterocycles. The molecule has 0 aliphatic rings. The third-order valence-electron chi connectivity index (χ3n) is 4.63. The predicted octanol–water partition coefficient (Wildman–Crippen LogP) is 4.35. The number of rotatable bonds is 13. The number of unbranched alkanes of at least 4 members (excludes halogenated alkanes) is 1. The van der Waals surface area contributed by atoms with Gasteiger partial charge >= 0.3 is 0 Å². The summed E-state index contributed by atoms with van der Waals surface area (Å²) in [6, 6.07) is 14.2. The first-order valence-electron chi connectivity index (χ1n) is 10.5. The lowest BCUT2D eigenvalue weighted by atomic mass is 10.2. The zero-order chi connectivity index (χ0) is 22.7. The molecule has 10 heteroatoms. The highest BCUT2D eigenvalue weighted by atomic mass is 35.5. The number of likely N-dealkylation sites (N-methyl/N-ethyl adjacent to an activating group) is 1. The number of hydrazone groups is 1. The van der Waals surface area contributed by atoms with Gasteiger partial charge in [-0.05, 0) is 70.6 Å². The first-order valence-corrected chi connectivity index (χ1v) is 12.0. The van der Waals surface area contributed by atoms with Crippen LogP contribution in [-0.2, 0) is 10.0 Å². The molecular formula is C23H36Cl2N4O3S. The van der Waals surface area contributed by atoms with Crippen LogP contribution in [0.2, 0.25) is 0 Å². The summed E-state index contributed by atoms with van der Waals surface area (Å²) in [5.41, 5.74) is 4.54. The van der Waals surface area contributed by atoms with Gasteiger partial charge in [-0.2, -0.15) is 5.10 Å². The minimum Gasteiger partial charge on any atom is -0.491 e. The smallest absolute Gasteiger partial charge is 0.264 e. The highest BCUT2D eigenvalue weighted by Gasteiger charge is 2.27. The zero-order valence-corrected chi connectivity index (χ0v) is 22.2. The van der Waals surface area contributed by atoms with Gasteiger partial charge in [-0.3, -0.25) is 4.31 Å². The molecule has 0 aliphatic heterocycles. The summed E-state index contributed by atoms with van der Waals surface area (Å²) in [6.45, 7) is 6.01. The van der Waals surface area contributed by atoms with E-state index in [0.29, 0.717) is 31.1 Å². The quantitative estimate of drug-likeness (QED) is 0.242. The standard InChI is InChI=1S/C23H34N4O3S.2ClH/c1-5-24-25-15-9-10-18-30-23-19-20(2)13-14-22(23)27(17-16-26(3)4)31(28,29)21-11-7-6-8-12-21;;/h5-8,11-14,19,25H,9-10,15-18H2,1-4H3;2*1H/b24-5+;;. The number of halogens is 2. The number of anilines is 1. The van der Waals surface area contributed by atoms with E-state index >= 15 is 0 Å². The molecule has 0 fully saturated rings. The van der Waals surface area contributed by atoms with Gasteiger partial charge in [0, 0.05) is 25.8 Å². The number of aryl methyl sites for hydroxylation is 1. The molecule has 2 rings (SSSR count). The van der Waals surface area contributed by atoms with E-state index in [-0.39, 0.29) is 29.7 Å². The molecule has 0 radical (unpaired) electrons. The topological polar surface area (TPSA) is 74.2 Å². The molecule has 0 unspecified atom stereocenters.